The van der Waals surface area contributed by atoms with E-state index in [9.17, 15) is 14.0 Å². The number of hydrazone groups is 1. The molecule has 2 N–H and O–H groups in total. The zero-order valence-corrected chi connectivity index (χ0v) is 14.7. The van der Waals surface area contributed by atoms with Gasteiger partial charge in [0.1, 0.15) is 17.6 Å². The van der Waals surface area contributed by atoms with Crippen LogP contribution >= 0.6 is 11.3 Å². The van der Waals surface area contributed by atoms with Gasteiger partial charge in [-0.25, -0.2) is 9.40 Å². The molecule has 2 amide bonds. The van der Waals surface area contributed by atoms with Gasteiger partial charge in [0.2, 0.25) is 5.91 Å². The largest absolute Gasteiger partial charge is 0.368 e. The van der Waals surface area contributed by atoms with E-state index in [4.69, 9.17) is 5.73 Å². The third kappa shape index (κ3) is 2.59. The molecule has 132 valence electrons. The van der Waals surface area contributed by atoms with Crippen LogP contribution in [0.4, 0.5) is 4.39 Å². The minimum Gasteiger partial charge on any atom is -0.368 e. The summed E-state index contributed by atoms with van der Waals surface area (Å²) < 4.78 is 16.1. The highest BCUT2D eigenvalue weighted by Gasteiger charge is 2.32. The van der Waals surface area contributed by atoms with E-state index in [0.29, 0.717) is 23.5 Å². The first kappa shape index (κ1) is 16.5. The van der Waals surface area contributed by atoms with Gasteiger partial charge in [-0.2, -0.15) is 5.10 Å². The summed E-state index contributed by atoms with van der Waals surface area (Å²) in [7, 11) is 0. The van der Waals surface area contributed by atoms with Gasteiger partial charge in [0.15, 0.2) is 0 Å². The molecular formula is C18H15FN4O2S. The van der Waals surface area contributed by atoms with Crippen LogP contribution in [0.2, 0.25) is 0 Å². The van der Waals surface area contributed by atoms with E-state index >= 15 is 0 Å². The van der Waals surface area contributed by atoms with Crippen LogP contribution in [0.15, 0.2) is 46.9 Å². The summed E-state index contributed by atoms with van der Waals surface area (Å²) >= 11 is 1.53. The Balaban J connectivity index is 1.90. The molecule has 0 aliphatic carbocycles. The minimum atomic E-state index is -0.905. The number of thiophene rings is 1. The number of hydrogen-bond acceptors (Lipinski definition) is 4. The lowest BCUT2D eigenvalue weighted by Crippen LogP contribution is -2.43. The Morgan fingerprint density at radius 1 is 1.31 bits per heavy atom. The maximum atomic E-state index is 13.3. The van der Waals surface area contributed by atoms with Crippen LogP contribution in [-0.4, -0.2) is 33.1 Å². The van der Waals surface area contributed by atoms with Crippen molar-refractivity contribution < 1.29 is 14.0 Å². The smallest absolute Gasteiger partial charge is 0.291 e. The highest BCUT2D eigenvalue weighted by Crippen LogP contribution is 2.29. The number of amides is 2. The van der Waals surface area contributed by atoms with Crippen molar-refractivity contribution in [1.29, 1.82) is 0 Å². The summed E-state index contributed by atoms with van der Waals surface area (Å²) in [6, 6.07) is 8.71. The molecule has 0 radical (unpaired) electrons. The van der Waals surface area contributed by atoms with Gasteiger partial charge in [0.25, 0.3) is 5.91 Å². The van der Waals surface area contributed by atoms with E-state index in [1.165, 1.54) is 30.4 Å². The molecule has 0 bridgehead atoms. The van der Waals surface area contributed by atoms with Gasteiger partial charge < -0.3 is 10.3 Å². The minimum absolute atomic E-state index is 0.328. The molecule has 0 saturated carbocycles. The summed E-state index contributed by atoms with van der Waals surface area (Å²) in [5.41, 5.74) is 7.99. The molecule has 0 fully saturated rings. The molecule has 8 heteroatoms. The van der Waals surface area contributed by atoms with E-state index in [1.54, 1.807) is 18.2 Å². The first-order valence-corrected chi connectivity index (χ1v) is 8.86. The van der Waals surface area contributed by atoms with Gasteiger partial charge in [-0.3, -0.25) is 9.59 Å². The quantitative estimate of drug-likeness (QED) is 0.769. The first-order chi connectivity index (χ1) is 12.5. The highest BCUT2D eigenvalue weighted by atomic mass is 32.1. The van der Waals surface area contributed by atoms with E-state index in [-0.39, 0.29) is 5.82 Å². The first-order valence-electron chi connectivity index (χ1n) is 7.98. The van der Waals surface area contributed by atoms with Crippen molar-refractivity contribution in [2.24, 2.45) is 10.8 Å². The number of nitrogens with zero attached hydrogens (tertiary/aromatic N) is 3. The molecule has 1 atom stereocenters. The molecule has 26 heavy (non-hydrogen) atoms. The molecule has 1 aromatic carbocycles. The van der Waals surface area contributed by atoms with Crippen LogP contribution in [0.3, 0.4) is 0 Å². The number of hydrogen-bond donors (Lipinski definition) is 1. The molecule has 4 rings (SSSR count). The molecule has 3 heterocycles. The molecule has 1 aliphatic heterocycles. The number of primary amides is 1. The number of carbonyl (C=O) groups is 2. The second kappa shape index (κ2) is 6.06. The van der Waals surface area contributed by atoms with E-state index < -0.39 is 17.9 Å². The second-order valence-electron chi connectivity index (χ2n) is 6.07. The van der Waals surface area contributed by atoms with E-state index in [0.717, 1.165) is 15.2 Å². The fourth-order valence-electron chi connectivity index (χ4n) is 2.97. The topological polar surface area (TPSA) is 80.7 Å². The van der Waals surface area contributed by atoms with Crippen molar-refractivity contribution in [2.45, 2.75) is 19.5 Å². The Labute approximate surface area is 152 Å². The van der Waals surface area contributed by atoms with Crippen molar-refractivity contribution in [3.63, 3.8) is 0 Å². The van der Waals surface area contributed by atoms with E-state index in [1.807, 2.05) is 16.0 Å². The number of rotatable bonds is 3. The number of carbonyl (C=O) groups excluding carboxylic acids is 2. The average Bonchev–Trinajstić information content (AvgIpc) is 3.17. The van der Waals surface area contributed by atoms with Gasteiger partial charge in [0, 0.05) is 0 Å². The maximum Gasteiger partial charge on any atom is 0.291 e. The second-order valence-corrected chi connectivity index (χ2v) is 7.02. The molecule has 3 aromatic rings. The van der Waals surface area contributed by atoms with Crippen LogP contribution in [0, 0.1) is 5.82 Å². The van der Waals surface area contributed by atoms with E-state index in [2.05, 4.69) is 5.10 Å². The number of nitrogens with two attached hydrogens (primary N) is 1. The Morgan fingerprint density at radius 3 is 2.73 bits per heavy atom. The highest BCUT2D eigenvalue weighted by molar-refractivity contribution is 7.17. The van der Waals surface area contributed by atoms with Crippen molar-refractivity contribution in [3.8, 4) is 0 Å². The standard InChI is InChI=1S/C18H15FN4O2S/c1-10(17(20)24)23-18(25)15-8-16-14(6-7-26-16)22(15)9-13(21-23)11-2-4-12(19)5-3-11/h2-8,10H,9H2,1H3,(H2,20,24). The van der Waals surface area contributed by atoms with Gasteiger partial charge in [-0.05, 0) is 42.1 Å². The lowest BCUT2D eigenvalue weighted by atomic mass is 10.1. The maximum absolute atomic E-state index is 13.3. The summed E-state index contributed by atoms with van der Waals surface area (Å²) in [5, 5.41) is 7.48. The fourth-order valence-corrected chi connectivity index (χ4v) is 3.80. The van der Waals surface area contributed by atoms with Crippen LogP contribution < -0.4 is 5.73 Å². The molecule has 2 aromatic heterocycles. The molecule has 1 unspecified atom stereocenters. The van der Waals surface area contributed by atoms with Crippen LogP contribution in [0.1, 0.15) is 23.0 Å². The van der Waals surface area contributed by atoms with Gasteiger partial charge in [-0.15, -0.1) is 11.3 Å². The van der Waals surface area contributed by atoms with Crippen molar-refractivity contribution in [1.82, 2.24) is 9.58 Å². The van der Waals surface area contributed by atoms with Gasteiger partial charge in [-0.1, -0.05) is 12.1 Å². The third-order valence-corrected chi connectivity index (χ3v) is 5.30. The van der Waals surface area contributed by atoms with Crippen molar-refractivity contribution in [3.05, 3.63) is 58.9 Å². The van der Waals surface area contributed by atoms with Crippen LogP contribution in [0.25, 0.3) is 10.2 Å². The molecular weight excluding hydrogens is 355 g/mol. The van der Waals surface area contributed by atoms with Gasteiger partial charge >= 0.3 is 0 Å². The number of fused-ring (bicyclic) bond motifs is 3. The summed E-state index contributed by atoms with van der Waals surface area (Å²) in [4.78, 5) is 24.7. The molecule has 0 saturated heterocycles. The van der Waals surface area contributed by atoms with Crippen molar-refractivity contribution in [2.75, 3.05) is 0 Å². The average molecular weight is 370 g/mol. The molecule has 0 spiro atoms. The Bertz CT molecular complexity index is 1050. The Kier molecular flexibility index (Phi) is 3.84. The Morgan fingerprint density at radius 2 is 2.04 bits per heavy atom. The number of aromatic nitrogens is 1. The summed E-state index contributed by atoms with van der Waals surface area (Å²) in [6.07, 6.45) is 0. The summed E-state index contributed by atoms with van der Waals surface area (Å²) in [5.74, 6) is -1.40. The lowest BCUT2D eigenvalue weighted by Gasteiger charge is -2.21. The Hall–Kier alpha value is -3.00. The predicted octanol–water partition coefficient (Wildman–Crippen LogP) is 2.58. The number of halogens is 1. The zero-order valence-electron chi connectivity index (χ0n) is 13.8. The SMILES string of the molecule is CC(C(N)=O)N1N=C(c2ccc(F)cc2)Cn2c(cc3sccc32)C1=O. The molecule has 6 nitrogen and oxygen atoms in total. The van der Waals surface area contributed by atoms with Gasteiger partial charge in [0.05, 0.1) is 22.5 Å². The van der Waals surface area contributed by atoms with Crippen molar-refractivity contribution >= 4 is 39.1 Å². The zero-order chi connectivity index (χ0) is 18.4. The number of benzene rings is 1. The lowest BCUT2D eigenvalue weighted by molar-refractivity contribution is -0.121. The molecule has 1 aliphatic rings. The van der Waals surface area contributed by atoms with Crippen LogP contribution in [0.5, 0.6) is 0 Å². The predicted molar refractivity (Wildman–Crippen MR) is 97.6 cm³/mol. The fraction of sp³-hybridized carbons (Fsp3) is 0.167. The third-order valence-electron chi connectivity index (χ3n) is 4.44. The summed E-state index contributed by atoms with van der Waals surface area (Å²) in [6.45, 7) is 1.86. The monoisotopic (exact) mass is 370 g/mol. The normalized spacial score (nSPS) is 15.5. The van der Waals surface area contributed by atoms with Crippen LogP contribution in [-0.2, 0) is 11.3 Å².